The molecule has 19 heteroatoms. The molecular formula is C42H47Cl3F2N6O8. The third-order valence-electron chi connectivity index (χ3n) is 9.69. The third kappa shape index (κ3) is 11.8. The number of nitrogens with one attached hydrogen (secondary N) is 1. The number of H-pyrrole nitrogens is 1. The molecule has 0 spiro atoms. The molecule has 2 fully saturated rings. The predicted molar refractivity (Wildman–Crippen MR) is 235 cm³/mol. The third-order valence-corrected chi connectivity index (χ3v) is 10.5. The molecule has 0 saturated carbocycles. The maximum Gasteiger partial charge on any atom is 0.420 e. The molecule has 0 radical (unpaired) electrons. The number of ether oxygens (including phenoxy) is 2. The molecule has 61 heavy (non-hydrogen) atoms. The Bertz CT molecular complexity index is 2550. The molecule has 2 aromatic heterocycles. The van der Waals surface area contributed by atoms with Crippen LogP contribution in [0.5, 0.6) is 11.5 Å². The molecule has 2 aliphatic rings. The van der Waals surface area contributed by atoms with Gasteiger partial charge < -0.3 is 37.9 Å². The second-order valence-electron chi connectivity index (χ2n) is 13.2. The van der Waals surface area contributed by atoms with E-state index < -0.39 is 23.1 Å². The number of amides is 2. The molecule has 4 heterocycles. The largest absolute Gasteiger partial charge is 0.495 e. The lowest BCUT2D eigenvalue weighted by molar-refractivity contribution is -0.132. The lowest BCUT2D eigenvalue weighted by Crippen LogP contribution is -2.50. The zero-order valence-electron chi connectivity index (χ0n) is 31.9. The number of piperazine rings is 2. The minimum Gasteiger partial charge on any atom is -0.495 e. The molecule has 0 bridgehead atoms. The van der Waals surface area contributed by atoms with Crippen LogP contribution in [0.3, 0.4) is 0 Å². The van der Waals surface area contributed by atoms with Crippen LogP contribution in [0, 0.1) is 11.6 Å². The molecule has 14 nitrogen and oxygen atoms in total. The molecule has 2 saturated heterocycles. The number of hydrogen-bond donors (Lipinski definition) is 1. The number of carbonyl (C=O) groups is 2. The second-order valence-corrected chi connectivity index (χ2v) is 14.3. The lowest BCUT2D eigenvalue weighted by atomic mass is 10.2. The number of oxazole rings is 2. The van der Waals surface area contributed by atoms with Crippen LogP contribution < -0.4 is 30.8 Å². The van der Waals surface area contributed by atoms with Crippen LogP contribution in [0.25, 0.3) is 22.2 Å². The SMILES string of the molecule is C.C.COc1cc(N2CCN(C(=O)CCl)CC2)ccc1Cl.COc1cc(N2CCN(C(=O)Cn3c(=O)oc4cc(F)ccc43)CC2)ccc1Cl.O=c1[nH]c2ccc(F)cc2o1. The van der Waals surface area contributed by atoms with E-state index in [2.05, 4.69) is 19.2 Å². The summed E-state index contributed by atoms with van der Waals surface area (Å²) in [7, 11) is 3.17. The summed E-state index contributed by atoms with van der Waals surface area (Å²) in [6.45, 7) is 5.12. The summed E-state index contributed by atoms with van der Waals surface area (Å²) >= 11 is 17.6. The first-order chi connectivity index (χ1) is 28.4. The van der Waals surface area contributed by atoms with Gasteiger partial charge in [0.25, 0.3) is 0 Å². The average Bonchev–Trinajstić information content (AvgIpc) is 3.77. The van der Waals surface area contributed by atoms with Gasteiger partial charge in [-0.2, -0.15) is 0 Å². The van der Waals surface area contributed by atoms with Crippen LogP contribution in [-0.4, -0.2) is 104 Å². The number of nitrogens with zero attached hydrogens (tertiary/aromatic N) is 5. The van der Waals surface area contributed by atoms with Gasteiger partial charge in [0.2, 0.25) is 11.8 Å². The predicted octanol–water partition coefficient (Wildman–Crippen LogP) is 7.51. The van der Waals surface area contributed by atoms with Crippen molar-refractivity contribution in [3.8, 4) is 11.5 Å². The Hall–Kier alpha value is -5.71. The van der Waals surface area contributed by atoms with E-state index in [1.54, 1.807) is 30.1 Å². The van der Waals surface area contributed by atoms with Gasteiger partial charge in [-0.3, -0.25) is 19.1 Å². The summed E-state index contributed by atoms with van der Waals surface area (Å²) in [6, 6.07) is 19.0. The highest BCUT2D eigenvalue weighted by Crippen LogP contribution is 2.31. The number of methoxy groups -OCH3 is 2. The van der Waals surface area contributed by atoms with Gasteiger partial charge in [-0.25, -0.2) is 18.4 Å². The van der Waals surface area contributed by atoms with Gasteiger partial charge in [0.05, 0.1) is 35.3 Å². The van der Waals surface area contributed by atoms with E-state index in [9.17, 15) is 28.0 Å². The zero-order chi connectivity index (χ0) is 42.2. The smallest absolute Gasteiger partial charge is 0.420 e. The number of hydrogen-bond acceptors (Lipinski definition) is 10. The maximum absolute atomic E-state index is 13.3. The quantitative estimate of drug-likeness (QED) is 0.160. The molecule has 2 amide bonds. The highest BCUT2D eigenvalue weighted by molar-refractivity contribution is 6.32. The molecular weight excluding hydrogens is 861 g/mol. The number of halogens is 5. The fourth-order valence-electron chi connectivity index (χ4n) is 6.55. The summed E-state index contributed by atoms with van der Waals surface area (Å²) in [5.74, 6) is -1.03. The van der Waals surface area contributed by atoms with E-state index >= 15 is 0 Å². The normalized spacial score (nSPS) is 13.6. The number of rotatable bonds is 7. The van der Waals surface area contributed by atoms with Gasteiger partial charge in [0, 0.05) is 88.0 Å². The van der Waals surface area contributed by atoms with E-state index in [0.29, 0.717) is 71.8 Å². The van der Waals surface area contributed by atoms with Crippen molar-refractivity contribution in [3.63, 3.8) is 0 Å². The highest BCUT2D eigenvalue weighted by Gasteiger charge is 2.24. The number of benzene rings is 4. The van der Waals surface area contributed by atoms with Gasteiger partial charge in [-0.15, -0.1) is 11.6 Å². The van der Waals surface area contributed by atoms with Crippen molar-refractivity contribution >= 4 is 80.2 Å². The van der Waals surface area contributed by atoms with Crippen molar-refractivity contribution in [2.75, 3.05) is 82.3 Å². The number of anilines is 2. The standard InChI is InChI=1S/C20H19ClFN3O4.C13H16Cl2N2O2.C7H4FNO2.2CH4/c1-28-17-11-14(3-4-15(17)21)23-6-8-24(9-7-23)19(26)12-25-16-5-2-13(22)10-18(16)29-20(25)27;1-19-12-8-10(2-3-11(12)15)16-4-6-17(7-5-16)13(18)9-14;8-4-1-2-5-6(3-4)11-7(10)9-5;;/h2-5,10-11H,6-9,12H2,1H3;2-3,8H,4-7,9H2,1H3;1-3H,(H,9,10);2*1H4. The number of carbonyl (C=O) groups excluding carboxylic acids is 2. The molecule has 0 atom stereocenters. The van der Waals surface area contributed by atoms with Crippen LogP contribution in [0.2, 0.25) is 10.0 Å². The molecule has 8 rings (SSSR count). The Labute approximate surface area is 365 Å². The molecule has 1 N–H and O–H groups in total. The zero-order valence-corrected chi connectivity index (χ0v) is 34.2. The highest BCUT2D eigenvalue weighted by atomic mass is 35.5. The Balaban J connectivity index is 0.000000220. The number of alkyl halides is 1. The topological polar surface area (TPSA) is 147 Å². The Morgan fingerprint density at radius 2 is 1.16 bits per heavy atom. The maximum atomic E-state index is 13.3. The van der Waals surface area contributed by atoms with Crippen LogP contribution in [0.15, 0.2) is 91.2 Å². The molecule has 4 aromatic carbocycles. The first-order valence-electron chi connectivity index (χ1n) is 18.2. The lowest BCUT2D eigenvalue weighted by Gasteiger charge is -2.36. The van der Waals surface area contributed by atoms with Crippen molar-refractivity contribution in [2.24, 2.45) is 0 Å². The molecule has 0 unspecified atom stereocenters. The summed E-state index contributed by atoms with van der Waals surface area (Å²) in [5.41, 5.74) is 3.31. The second kappa shape index (κ2) is 21.7. The van der Waals surface area contributed by atoms with Gasteiger partial charge in [0.15, 0.2) is 11.2 Å². The first kappa shape index (κ1) is 48.0. The first-order valence-corrected chi connectivity index (χ1v) is 19.5. The van der Waals surface area contributed by atoms with Crippen molar-refractivity contribution in [2.45, 2.75) is 21.4 Å². The Kier molecular flexibility index (Phi) is 17.1. The van der Waals surface area contributed by atoms with Gasteiger partial charge in [-0.05, 0) is 48.5 Å². The van der Waals surface area contributed by atoms with Crippen molar-refractivity contribution in [1.82, 2.24) is 19.4 Å². The van der Waals surface area contributed by atoms with E-state index in [0.717, 1.165) is 36.6 Å². The minimum absolute atomic E-state index is 0. The molecule has 2 aliphatic heterocycles. The summed E-state index contributed by atoms with van der Waals surface area (Å²) in [5, 5.41) is 1.14. The average molecular weight is 908 g/mol. The Morgan fingerprint density at radius 3 is 1.67 bits per heavy atom. The van der Waals surface area contributed by atoms with Crippen molar-refractivity contribution < 1.29 is 36.7 Å². The number of aromatic amines is 1. The van der Waals surface area contributed by atoms with E-state index in [-0.39, 0.29) is 50.3 Å². The van der Waals surface area contributed by atoms with Crippen LogP contribution in [0.1, 0.15) is 14.9 Å². The molecule has 328 valence electrons. The van der Waals surface area contributed by atoms with Crippen molar-refractivity contribution in [3.05, 3.63) is 116 Å². The summed E-state index contributed by atoms with van der Waals surface area (Å²) < 4.78 is 47.1. The Morgan fingerprint density at radius 1 is 0.672 bits per heavy atom. The number of fused-ring (bicyclic) bond motifs is 2. The van der Waals surface area contributed by atoms with E-state index in [4.69, 9.17) is 48.7 Å². The number of aromatic nitrogens is 2. The van der Waals surface area contributed by atoms with Gasteiger partial charge >= 0.3 is 11.5 Å². The van der Waals surface area contributed by atoms with Crippen molar-refractivity contribution in [1.29, 1.82) is 0 Å². The van der Waals surface area contributed by atoms with Gasteiger partial charge in [0.1, 0.15) is 35.6 Å². The van der Waals surface area contributed by atoms with Crippen LogP contribution in [-0.2, 0) is 16.1 Å². The van der Waals surface area contributed by atoms with Crippen LogP contribution >= 0.6 is 34.8 Å². The van der Waals surface area contributed by atoms with Crippen LogP contribution in [0.4, 0.5) is 20.2 Å². The minimum atomic E-state index is -0.675. The monoisotopic (exact) mass is 906 g/mol. The van der Waals surface area contributed by atoms with E-state index in [1.807, 2.05) is 30.3 Å². The summed E-state index contributed by atoms with van der Waals surface area (Å²) in [4.78, 5) is 57.1. The summed E-state index contributed by atoms with van der Waals surface area (Å²) in [6.07, 6.45) is 0. The fraction of sp³-hybridized carbons (Fsp3) is 0.333. The van der Waals surface area contributed by atoms with E-state index in [1.165, 1.54) is 28.8 Å². The molecule has 6 aromatic rings. The van der Waals surface area contributed by atoms with Gasteiger partial charge in [-0.1, -0.05) is 38.1 Å². The fourth-order valence-corrected chi connectivity index (χ4v) is 7.11. The molecule has 0 aliphatic carbocycles.